The molecule has 1 fully saturated rings. The molecule has 9 heteroatoms. The maximum absolute atomic E-state index is 13.3. The third-order valence-electron chi connectivity index (χ3n) is 5.20. The van der Waals surface area contributed by atoms with Crippen molar-refractivity contribution in [1.29, 1.82) is 0 Å². The molecule has 0 aliphatic carbocycles. The molecule has 3 aromatic rings. The van der Waals surface area contributed by atoms with Crippen molar-refractivity contribution in [2.75, 3.05) is 10.2 Å². The molecule has 4 rings (SSSR count). The second-order valence-corrected chi connectivity index (χ2v) is 7.55. The van der Waals surface area contributed by atoms with E-state index >= 15 is 0 Å². The van der Waals surface area contributed by atoms with Crippen molar-refractivity contribution in [3.8, 4) is 0 Å². The van der Waals surface area contributed by atoms with Gasteiger partial charge in [-0.1, -0.05) is 12.1 Å². The Morgan fingerprint density at radius 1 is 1.09 bits per heavy atom. The van der Waals surface area contributed by atoms with Crippen molar-refractivity contribution in [1.82, 2.24) is 4.90 Å². The lowest BCUT2D eigenvalue weighted by Crippen LogP contribution is -2.45. The summed E-state index contributed by atoms with van der Waals surface area (Å²) in [6, 6.07) is 13.7. The van der Waals surface area contributed by atoms with Gasteiger partial charge in [-0.3, -0.25) is 19.2 Å². The molecule has 168 valence electrons. The van der Waals surface area contributed by atoms with E-state index < -0.39 is 29.6 Å². The van der Waals surface area contributed by atoms with Gasteiger partial charge < -0.3 is 14.6 Å². The Kier molecular flexibility index (Phi) is 6.03. The predicted molar refractivity (Wildman–Crippen MR) is 117 cm³/mol. The molecular formula is C24H20FN3O5. The molecule has 0 radical (unpaired) electrons. The van der Waals surface area contributed by atoms with Crippen LogP contribution in [-0.4, -0.2) is 34.6 Å². The van der Waals surface area contributed by atoms with E-state index in [0.29, 0.717) is 16.9 Å². The number of rotatable bonds is 6. The van der Waals surface area contributed by atoms with E-state index in [1.165, 1.54) is 48.4 Å². The third-order valence-corrected chi connectivity index (χ3v) is 5.20. The van der Waals surface area contributed by atoms with Crippen LogP contribution in [-0.2, 0) is 20.9 Å². The minimum absolute atomic E-state index is 0.0151. The summed E-state index contributed by atoms with van der Waals surface area (Å²) < 4.78 is 18.5. The molecule has 0 bridgehead atoms. The van der Waals surface area contributed by atoms with Gasteiger partial charge in [-0.2, -0.15) is 0 Å². The third kappa shape index (κ3) is 4.67. The van der Waals surface area contributed by atoms with Crippen LogP contribution in [0.15, 0.2) is 71.3 Å². The topological polar surface area (TPSA) is 99.9 Å². The molecule has 0 saturated carbocycles. The highest BCUT2D eigenvalue weighted by Gasteiger charge is 2.45. The highest BCUT2D eigenvalue weighted by molar-refractivity contribution is 6.23. The molecule has 8 nitrogen and oxygen atoms in total. The summed E-state index contributed by atoms with van der Waals surface area (Å²) in [6.45, 7) is 1.36. The van der Waals surface area contributed by atoms with Crippen molar-refractivity contribution >= 4 is 35.0 Å². The lowest BCUT2D eigenvalue weighted by Gasteiger charge is -2.27. The molecular weight excluding hydrogens is 429 g/mol. The fourth-order valence-corrected chi connectivity index (χ4v) is 3.68. The molecule has 1 atom stereocenters. The van der Waals surface area contributed by atoms with Crippen LogP contribution in [0.2, 0.25) is 0 Å². The maximum Gasteiger partial charge on any atom is 0.290 e. The van der Waals surface area contributed by atoms with Gasteiger partial charge in [0.15, 0.2) is 5.76 Å². The summed E-state index contributed by atoms with van der Waals surface area (Å²) in [4.78, 5) is 52.7. The van der Waals surface area contributed by atoms with Gasteiger partial charge in [0.05, 0.1) is 18.4 Å². The second kappa shape index (κ2) is 9.07. The number of hydrogen-bond donors (Lipinski definition) is 1. The van der Waals surface area contributed by atoms with E-state index in [1.807, 2.05) is 0 Å². The van der Waals surface area contributed by atoms with Crippen molar-refractivity contribution in [2.45, 2.75) is 25.9 Å². The van der Waals surface area contributed by atoms with Gasteiger partial charge in [-0.05, 0) is 54.1 Å². The Labute approximate surface area is 188 Å². The fraction of sp³-hybridized carbons (Fsp3) is 0.167. The number of halogens is 1. The number of nitrogens with one attached hydrogen (secondary N) is 1. The van der Waals surface area contributed by atoms with Gasteiger partial charge >= 0.3 is 0 Å². The van der Waals surface area contributed by atoms with Crippen molar-refractivity contribution in [3.63, 3.8) is 0 Å². The van der Waals surface area contributed by atoms with Gasteiger partial charge in [0.1, 0.15) is 11.9 Å². The number of benzene rings is 2. The van der Waals surface area contributed by atoms with E-state index in [2.05, 4.69) is 5.32 Å². The maximum atomic E-state index is 13.3. The number of furan rings is 1. The van der Waals surface area contributed by atoms with Crippen LogP contribution in [0, 0.1) is 5.82 Å². The van der Waals surface area contributed by atoms with Gasteiger partial charge in [-0.15, -0.1) is 0 Å². The average Bonchev–Trinajstić information content (AvgIpc) is 3.42. The second-order valence-electron chi connectivity index (χ2n) is 7.55. The highest BCUT2D eigenvalue weighted by atomic mass is 19.1. The molecule has 1 saturated heterocycles. The van der Waals surface area contributed by atoms with E-state index in [9.17, 15) is 23.6 Å². The van der Waals surface area contributed by atoms with Gasteiger partial charge in [-0.25, -0.2) is 9.29 Å². The Morgan fingerprint density at radius 3 is 2.39 bits per heavy atom. The zero-order valence-corrected chi connectivity index (χ0v) is 17.7. The molecule has 33 heavy (non-hydrogen) atoms. The number of nitrogens with zero attached hydrogens (tertiary/aromatic N) is 2. The van der Waals surface area contributed by atoms with Gasteiger partial charge in [0, 0.05) is 19.2 Å². The van der Waals surface area contributed by atoms with Crippen LogP contribution in [0.4, 0.5) is 15.8 Å². The summed E-state index contributed by atoms with van der Waals surface area (Å²) >= 11 is 0. The Hall–Kier alpha value is -4.27. The fourth-order valence-electron chi connectivity index (χ4n) is 3.68. The lowest BCUT2D eigenvalue weighted by atomic mass is 10.1. The summed E-state index contributed by atoms with van der Waals surface area (Å²) in [5.74, 6) is -2.23. The first kappa shape index (κ1) is 21.9. The minimum Gasteiger partial charge on any atom is -0.459 e. The molecule has 2 aromatic carbocycles. The van der Waals surface area contributed by atoms with Gasteiger partial charge in [0.25, 0.3) is 11.8 Å². The monoisotopic (exact) mass is 449 g/mol. The van der Waals surface area contributed by atoms with Crippen molar-refractivity contribution < 1.29 is 28.0 Å². The van der Waals surface area contributed by atoms with Crippen LogP contribution < -0.4 is 10.2 Å². The first-order valence-electron chi connectivity index (χ1n) is 10.2. The molecule has 4 amide bonds. The summed E-state index contributed by atoms with van der Waals surface area (Å²) in [7, 11) is 0. The van der Waals surface area contributed by atoms with E-state index in [-0.39, 0.29) is 24.6 Å². The largest absolute Gasteiger partial charge is 0.459 e. The summed E-state index contributed by atoms with van der Waals surface area (Å²) in [5.41, 5.74) is 1.44. The summed E-state index contributed by atoms with van der Waals surface area (Å²) in [6.07, 6.45) is 1.13. The molecule has 1 unspecified atom stereocenters. The van der Waals surface area contributed by atoms with Crippen LogP contribution in [0.25, 0.3) is 0 Å². The normalized spacial score (nSPS) is 15.6. The first-order chi connectivity index (χ1) is 15.8. The average molecular weight is 449 g/mol. The number of imide groups is 1. The van der Waals surface area contributed by atoms with Crippen LogP contribution in [0.5, 0.6) is 0 Å². The molecule has 1 aliphatic rings. The minimum atomic E-state index is -1.06. The van der Waals surface area contributed by atoms with Crippen LogP contribution in [0.3, 0.4) is 0 Å². The smallest absolute Gasteiger partial charge is 0.290 e. The highest BCUT2D eigenvalue weighted by Crippen LogP contribution is 2.29. The van der Waals surface area contributed by atoms with Gasteiger partial charge in [0.2, 0.25) is 11.8 Å². The number of amides is 4. The SMILES string of the molecule is CC(=O)Nc1ccc(N2C(=O)CC(N(Cc3ccc(F)cc3)C(=O)c3ccco3)C2=O)cc1. The first-order valence-corrected chi connectivity index (χ1v) is 10.2. The van der Waals surface area contributed by atoms with Crippen LogP contribution >= 0.6 is 0 Å². The number of hydrogen-bond acceptors (Lipinski definition) is 5. The standard InChI is InChI=1S/C24H20FN3O5/c1-15(29)26-18-8-10-19(11-9-18)28-22(30)13-20(23(28)31)27(24(32)21-3-2-12-33-21)14-16-4-6-17(25)7-5-16/h2-12,20H,13-14H2,1H3,(H,26,29). The van der Waals surface area contributed by atoms with Crippen LogP contribution in [0.1, 0.15) is 29.5 Å². The van der Waals surface area contributed by atoms with E-state index in [4.69, 9.17) is 4.42 Å². The van der Waals surface area contributed by atoms with E-state index in [0.717, 1.165) is 4.90 Å². The van der Waals surface area contributed by atoms with Crippen molar-refractivity contribution in [3.05, 3.63) is 84.1 Å². The Balaban J connectivity index is 1.62. The molecule has 1 aromatic heterocycles. The predicted octanol–water partition coefficient (Wildman–Crippen LogP) is 3.35. The Morgan fingerprint density at radius 2 is 1.79 bits per heavy atom. The zero-order valence-electron chi connectivity index (χ0n) is 17.7. The quantitative estimate of drug-likeness (QED) is 0.582. The summed E-state index contributed by atoms with van der Waals surface area (Å²) in [5, 5.41) is 2.62. The molecule has 2 heterocycles. The molecule has 1 N–H and O–H groups in total. The van der Waals surface area contributed by atoms with Crippen molar-refractivity contribution in [2.24, 2.45) is 0 Å². The zero-order chi connectivity index (χ0) is 23.5. The lowest BCUT2D eigenvalue weighted by molar-refractivity contribution is -0.122. The number of carbonyl (C=O) groups excluding carboxylic acids is 4. The number of anilines is 2. The number of carbonyl (C=O) groups is 4. The van der Waals surface area contributed by atoms with E-state index in [1.54, 1.807) is 30.3 Å². The molecule has 1 aliphatic heterocycles. The Bertz CT molecular complexity index is 1190. The molecule has 0 spiro atoms.